The lowest BCUT2D eigenvalue weighted by Gasteiger charge is -2.05. The van der Waals surface area contributed by atoms with Crippen molar-refractivity contribution >= 4 is 57.6 Å². The van der Waals surface area contributed by atoms with Crippen molar-refractivity contribution in [2.75, 3.05) is 0 Å². The van der Waals surface area contributed by atoms with Crippen molar-refractivity contribution in [1.82, 2.24) is 9.99 Å². The number of carbonyl (C=O) groups is 1. The summed E-state index contributed by atoms with van der Waals surface area (Å²) >= 11 is 13.4. The molecule has 0 saturated heterocycles. The summed E-state index contributed by atoms with van der Waals surface area (Å²) in [6.07, 6.45) is 3.63. The van der Waals surface area contributed by atoms with Gasteiger partial charge in [0.05, 0.1) is 22.1 Å². The fraction of sp³-hybridized carbons (Fsp3) is 0.0476. The molecule has 2 aromatic carbocycles. The molecule has 0 radical (unpaired) electrons. The zero-order valence-electron chi connectivity index (χ0n) is 15.0. The Morgan fingerprint density at radius 1 is 1.17 bits per heavy atom. The molecular formula is C21H15Cl2N3O2S. The molecule has 1 amide bonds. The molecule has 2 N–H and O–H groups in total. The number of halogens is 2. The summed E-state index contributed by atoms with van der Waals surface area (Å²) in [5.41, 5.74) is 4.74. The highest BCUT2D eigenvalue weighted by molar-refractivity contribution is 7.16. The van der Waals surface area contributed by atoms with Crippen LogP contribution in [0.15, 0.2) is 65.9 Å². The second kappa shape index (κ2) is 8.29. The Kier molecular flexibility index (Phi) is 5.58. The number of benzene rings is 2. The van der Waals surface area contributed by atoms with E-state index in [2.05, 4.69) is 15.1 Å². The molecule has 0 atom stereocenters. The van der Waals surface area contributed by atoms with Crippen molar-refractivity contribution in [2.24, 2.45) is 5.10 Å². The maximum Gasteiger partial charge on any atom is 0.271 e. The molecule has 0 spiro atoms. The number of phenols is 1. The summed E-state index contributed by atoms with van der Waals surface area (Å²) in [6, 6.07) is 16.1. The number of amides is 1. The SMILES string of the molecule is O=C(N/N=C/c1cccc2c1ccn2Cc1ccc(Cl)s1)c1ccc(O)c(Cl)c1. The van der Waals surface area contributed by atoms with Crippen LogP contribution in [0.3, 0.4) is 0 Å². The molecule has 4 rings (SSSR count). The number of hydrogen-bond acceptors (Lipinski definition) is 4. The Hall–Kier alpha value is -2.80. The average Bonchev–Trinajstić information content (AvgIpc) is 3.31. The van der Waals surface area contributed by atoms with E-state index < -0.39 is 5.91 Å². The molecular weight excluding hydrogens is 429 g/mol. The normalized spacial score (nSPS) is 11.4. The molecule has 0 aliphatic rings. The van der Waals surface area contributed by atoms with Gasteiger partial charge in [0.2, 0.25) is 0 Å². The molecule has 0 fully saturated rings. The predicted octanol–water partition coefficient (Wildman–Crippen LogP) is 5.53. The smallest absolute Gasteiger partial charge is 0.271 e. The zero-order valence-corrected chi connectivity index (χ0v) is 17.3. The van der Waals surface area contributed by atoms with Crippen LogP contribution in [0.4, 0.5) is 0 Å². The summed E-state index contributed by atoms with van der Waals surface area (Å²) < 4.78 is 2.92. The third-order valence-electron chi connectivity index (χ3n) is 4.38. The lowest BCUT2D eigenvalue weighted by Crippen LogP contribution is -2.17. The number of nitrogens with zero attached hydrogens (tertiary/aromatic N) is 2. The third kappa shape index (κ3) is 4.29. The van der Waals surface area contributed by atoms with E-state index in [0.717, 1.165) is 27.3 Å². The molecule has 0 unspecified atom stereocenters. The minimum atomic E-state index is -0.414. The van der Waals surface area contributed by atoms with Gasteiger partial charge in [0.25, 0.3) is 5.91 Å². The number of hydrogen-bond donors (Lipinski definition) is 2. The Bertz CT molecular complexity index is 1230. The van der Waals surface area contributed by atoms with E-state index in [1.54, 1.807) is 17.6 Å². The minimum absolute atomic E-state index is 0.0762. The first-order chi connectivity index (χ1) is 14.0. The van der Waals surface area contributed by atoms with Gasteiger partial charge in [-0.25, -0.2) is 5.43 Å². The second-order valence-electron chi connectivity index (χ2n) is 6.29. The van der Waals surface area contributed by atoms with Gasteiger partial charge in [-0.1, -0.05) is 35.3 Å². The van der Waals surface area contributed by atoms with Gasteiger partial charge < -0.3 is 9.67 Å². The fourth-order valence-electron chi connectivity index (χ4n) is 2.98. The monoisotopic (exact) mass is 443 g/mol. The number of phenolic OH excluding ortho intramolecular Hbond substituents is 1. The number of aromatic hydroxyl groups is 1. The van der Waals surface area contributed by atoms with Gasteiger partial charge in [0.1, 0.15) is 5.75 Å². The Labute approximate surface area is 180 Å². The Morgan fingerprint density at radius 2 is 2.03 bits per heavy atom. The number of fused-ring (bicyclic) bond motifs is 1. The van der Waals surface area contributed by atoms with Crippen LogP contribution in [0.25, 0.3) is 10.9 Å². The summed E-state index contributed by atoms with van der Waals surface area (Å²) in [5, 5.41) is 14.6. The fourth-order valence-corrected chi connectivity index (χ4v) is 4.24. The number of carbonyl (C=O) groups excluding carboxylic acids is 1. The van der Waals surface area contributed by atoms with E-state index in [-0.39, 0.29) is 10.8 Å². The lowest BCUT2D eigenvalue weighted by atomic mass is 10.1. The molecule has 2 heterocycles. The molecule has 0 bridgehead atoms. The van der Waals surface area contributed by atoms with Gasteiger partial charge in [-0.3, -0.25) is 4.79 Å². The predicted molar refractivity (Wildman–Crippen MR) is 119 cm³/mol. The number of rotatable bonds is 5. The number of nitrogens with one attached hydrogen (secondary N) is 1. The highest BCUT2D eigenvalue weighted by Gasteiger charge is 2.09. The second-order valence-corrected chi connectivity index (χ2v) is 8.50. The van der Waals surface area contributed by atoms with Crippen LogP contribution >= 0.6 is 34.5 Å². The molecule has 146 valence electrons. The van der Waals surface area contributed by atoms with Gasteiger partial charge in [0, 0.05) is 33.1 Å². The van der Waals surface area contributed by atoms with Gasteiger partial charge >= 0.3 is 0 Å². The van der Waals surface area contributed by atoms with E-state index in [4.69, 9.17) is 23.2 Å². The van der Waals surface area contributed by atoms with Crippen molar-refractivity contribution in [3.05, 3.63) is 86.2 Å². The average molecular weight is 444 g/mol. The van der Waals surface area contributed by atoms with E-state index >= 15 is 0 Å². The molecule has 0 saturated carbocycles. The van der Waals surface area contributed by atoms with Crippen LogP contribution in [0, 0.1) is 0 Å². The molecule has 8 heteroatoms. The van der Waals surface area contributed by atoms with Crippen molar-refractivity contribution in [1.29, 1.82) is 0 Å². The van der Waals surface area contributed by atoms with Crippen LogP contribution in [-0.4, -0.2) is 21.8 Å². The van der Waals surface area contributed by atoms with Crippen LogP contribution in [0.2, 0.25) is 9.36 Å². The van der Waals surface area contributed by atoms with Gasteiger partial charge in [-0.05, 0) is 42.5 Å². The first-order valence-corrected chi connectivity index (χ1v) is 10.2. The largest absolute Gasteiger partial charge is 0.506 e. The van der Waals surface area contributed by atoms with Gasteiger partial charge in [-0.15, -0.1) is 11.3 Å². The molecule has 4 aromatic rings. The quantitative estimate of drug-likeness (QED) is 0.314. The van der Waals surface area contributed by atoms with E-state index in [1.807, 2.05) is 42.6 Å². The maximum atomic E-state index is 12.2. The number of hydrazone groups is 1. The van der Waals surface area contributed by atoms with E-state index in [1.165, 1.54) is 23.1 Å². The number of thiophene rings is 1. The van der Waals surface area contributed by atoms with Gasteiger partial charge in [0.15, 0.2) is 0 Å². The Balaban J connectivity index is 1.52. The maximum absolute atomic E-state index is 12.2. The molecule has 5 nitrogen and oxygen atoms in total. The van der Waals surface area contributed by atoms with Crippen LogP contribution < -0.4 is 5.43 Å². The van der Waals surface area contributed by atoms with Crippen LogP contribution in [0.5, 0.6) is 5.75 Å². The third-order valence-corrected chi connectivity index (χ3v) is 5.90. The van der Waals surface area contributed by atoms with Crippen molar-refractivity contribution in [3.8, 4) is 5.75 Å². The summed E-state index contributed by atoms with van der Waals surface area (Å²) in [7, 11) is 0. The molecule has 0 aliphatic heterocycles. The molecule has 29 heavy (non-hydrogen) atoms. The summed E-state index contributed by atoms with van der Waals surface area (Å²) in [5.74, 6) is -0.491. The standard InChI is InChI=1S/C21H15Cl2N3O2S/c22-17-10-13(4-6-19(17)27)21(28)25-24-11-14-2-1-3-18-16(14)8-9-26(18)12-15-5-7-20(23)29-15/h1-11,27H,12H2,(H,25,28)/b24-11+. The Morgan fingerprint density at radius 3 is 2.79 bits per heavy atom. The van der Waals surface area contributed by atoms with E-state index in [0.29, 0.717) is 5.56 Å². The number of aromatic nitrogens is 1. The molecule has 2 aromatic heterocycles. The van der Waals surface area contributed by atoms with Crippen LogP contribution in [-0.2, 0) is 6.54 Å². The van der Waals surface area contributed by atoms with Crippen molar-refractivity contribution in [3.63, 3.8) is 0 Å². The lowest BCUT2D eigenvalue weighted by molar-refractivity contribution is 0.0955. The topological polar surface area (TPSA) is 66.6 Å². The van der Waals surface area contributed by atoms with Crippen LogP contribution in [0.1, 0.15) is 20.8 Å². The highest BCUT2D eigenvalue weighted by atomic mass is 35.5. The minimum Gasteiger partial charge on any atom is -0.506 e. The first kappa shape index (κ1) is 19.5. The highest BCUT2D eigenvalue weighted by Crippen LogP contribution is 2.26. The van der Waals surface area contributed by atoms with Crippen molar-refractivity contribution in [2.45, 2.75) is 6.54 Å². The molecule has 0 aliphatic carbocycles. The first-order valence-electron chi connectivity index (χ1n) is 8.65. The van der Waals surface area contributed by atoms with Crippen molar-refractivity contribution < 1.29 is 9.90 Å². The summed E-state index contributed by atoms with van der Waals surface area (Å²) in [4.78, 5) is 13.4. The van der Waals surface area contributed by atoms with Gasteiger partial charge in [-0.2, -0.15) is 5.10 Å². The summed E-state index contributed by atoms with van der Waals surface area (Å²) in [6.45, 7) is 0.736. The zero-order chi connectivity index (χ0) is 20.4. The van der Waals surface area contributed by atoms with E-state index in [9.17, 15) is 9.90 Å².